The number of benzene rings is 1. The minimum Gasteiger partial charge on any atom is -0.507 e. The third kappa shape index (κ3) is 2.86. The highest BCUT2D eigenvalue weighted by molar-refractivity contribution is 7.89. The summed E-state index contributed by atoms with van der Waals surface area (Å²) in [5, 5.41) is 9.78. The first-order valence-electron chi connectivity index (χ1n) is 5.28. The number of hydrogen-bond donors (Lipinski definition) is 3. The number of aromatic hydroxyl groups is 1. The van der Waals surface area contributed by atoms with Gasteiger partial charge in [-0.3, -0.25) is 9.11 Å². The molecule has 0 atom stereocenters. The fourth-order valence-corrected chi connectivity index (χ4v) is 3.10. The lowest BCUT2D eigenvalue weighted by atomic mass is 9.94. The Morgan fingerprint density at radius 2 is 1.71 bits per heavy atom. The quantitative estimate of drug-likeness (QED) is 0.389. The van der Waals surface area contributed by atoms with Crippen molar-refractivity contribution in [1.29, 1.82) is 0 Å². The van der Waals surface area contributed by atoms with E-state index in [1.54, 1.807) is 0 Å². The minimum absolute atomic E-state index is 0.0504. The highest BCUT2D eigenvalue weighted by Crippen LogP contribution is 2.32. The zero-order valence-corrected chi connectivity index (χ0v) is 11.8. The Balaban J connectivity index is 2.78. The van der Waals surface area contributed by atoms with Gasteiger partial charge in [-0.25, -0.2) is 0 Å². The van der Waals surface area contributed by atoms with Gasteiger partial charge in [0.2, 0.25) is 0 Å². The second-order valence-corrected chi connectivity index (χ2v) is 7.10. The number of hydrogen-bond acceptors (Lipinski definition) is 5. The second kappa shape index (κ2) is 4.76. The van der Waals surface area contributed by atoms with Gasteiger partial charge in [0.05, 0.1) is 9.80 Å². The van der Waals surface area contributed by atoms with Crippen molar-refractivity contribution in [1.82, 2.24) is 0 Å². The molecule has 3 N–H and O–H groups in total. The molecule has 9 nitrogen and oxygen atoms in total. The standard InChI is InChI=1S/C10H8N2O7S2/c11-12-8-3-6(20(14,15)16)1-5-2-7(21(17,18)19)4-9(13)10(5)8/h2-4,13H,1H2,(H,14,15,16)(H,17,18,19). The molecule has 0 aromatic heterocycles. The van der Waals surface area contributed by atoms with Crippen molar-refractivity contribution in [2.45, 2.75) is 11.3 Å². The van der Waals surface area contributed by atoms with Gasteiger partial charge in [0.25, 0.3) is 20.2 Å². The van der Waals surface area contributed by atoms with E-state index in [0.29, 0.717) is 0 Å². The van der Waals surface area contributed by atoms with Gasteiger partial charge in [-0.15, -0.1) is 0 Å². The van der Waals surface area contributed by atoms with Crippen LogP contribution in [0.25, 0.3) is 5.53 Å². The third-order valence-electron chi connectivity index (χ3n) is 2.83. The summed E-state index contributed by atoms with van der Waals surface area (Å²) < 4.78 is 62.4. The zero-order chi connectivity index (χ0) is 16.0. The van der Waals surface area contributed by atoms with Gasteiger partial charge in [-0.2, -0.15) is 21.6 Å². The van der Waals surface area contributed by atoms with Crippen LogP contribution >= 0.6 is 0 Å². The maximum absolute atomic E-state index is 11.1. The van der Waals surface area contributed by atoms with Crippen molar-refractivity contribution < 1.29 is 35.8 Å². The first-order valence-corrected chi connectivity index (χ1v) is 8.16. The predicted octanol–water partition coefficient (Wildman–Crippen LogP) is -0.0144. The van der Waals surface area contributed by atoms with Gasteiger partial charge >= 0.3 is 5.71 Å². The summed E-state index contributed by atoms with van der Waals surface area (Å²) in [6.45, 7) is 0. The molecule has 0 heterocycles. The van der Waals surface area contributed by atoms with Crippen molar-refractivity contribution in [3.8, 4) is 5.75 Å². The van der Waals surface area contributed by atoms with Crippen LogP contribution in [-0.4, -0.2) is 41.5 Å². The molecule has 112 valence electrons. The van der Waals surface area contributed by atoms with Gasteiger partial charge in [-0.05, 0) is 11.6 Å². The molecule has 21 heavy (non-hydrogen) atoms. The lowest BCUT2D eigenvalue weighted by molar-refractivity contribution is -0.00252. The average Bonchev–Trinajstić information content (AvgIpc) is 2.34. The smallest absolute Gasteiger partial charge is 0.327 e. The van der Waals surface area contributed by atoms with Gasteiger partial charge in [0, 0.05) is 18.6 Å². The highest BCUT2D eigenvalue weighted by atomic mass is 32.2. The van der Waals surface area contributed by atoms with E-state index in [1.165, 1.54) is 0 Å². The maximum Gasteiger partial charge on any atom is 0.327 e. The molecule has 0 saturated heterocycles. The summed E-state index contributed by atoms with van der Waals surface area (Å²) in [6.07, 6.45) is 0.397. The van der Waals surface area contributed by atoms with E-state index >= 15 is 0 Å². The Labute approximate surface area is 119 Å². The molecular weight excluding hydrogens is 324 g/mol. The Bertz CT molecular complexity index is 922. The summed E-state index contributed by atoms with van der Waals surface area (Å²) in [5.74, 6) is -0.626. The lowest BCUT2D eigenvalue weighted by Crippen LogP contribution is -2.17. The molecule has 1 aliphatic rings. The van der Waals surface area contributed by atoms with Crippen molar-refractivity contribution in [2.75, 3.05) is 0 Å². The molecule has 1 aromatic rings. The van der Waals surface area contributed by atoms with E-state index in [1.807, 2.05) is 0 Å². The molecular formula is C10H8N2O7S2. The van der Waals surface area contributed by atoms with Crippen molar-refractivity contribution >= 4 is 25.9 Å². The summed E-state index contributed by atoms with van der Waals surface area (Å²) >= 11 is 0. The van der Waals surface area contributed by atoms with Crippen LogP contribution in [0.3, 0.4) is 0 Å². The van der Waals surface area contributed by atoms with E-state index < -0.39 is 42.2 Å². The molecule has 0 unspecified atom stereocenters. The van der Waals surface area contributed by atoms with Crippen molar-refractivity contribution in [3.63, 3.8) is 0 Å². The Morgan fingerprint density at radius 1 is 1.10 bits per heavy atom. The van der Waals surface area contributed by atoms with Crippen molar-refractivity contribution in [2.24, 2.45) is 0 Å². The molecule has 0 aliphatic heterocycles. The van der Waals surface area contributed by atoms with E-state index in [4.69, 9.17) is 14.6 Å². The molecule has 1 aromatic carbocycles. The van der Waals surface area contributed by atoms with Crippen LogP contribution in [0.4, 0.5) is 0 Å². The second-order valence-electron chi connectivity index (χ2n) is 4.20. The van der Waals surface area contributed by atoms with Gasteiger partial charge in [0.1, 0.15) is 11.3 Å². The summed E-state index contributed by atoms with van der Waals surface area (Å²) in [4.78, 5) is 1.59. The van der Waals surface area contributed by atoms with Crippen LogP contribution in [0.2, 0.25) is 0 Å². The first-order chi connectivity index (χ1) is 9.54. The van der Waals surface area contributed by atoms with Crippen molar-refractivity contribution in [3.05, 3.63) is 39.8 Å². The SMILES string of the molecule is [N-]=[N+]=C1C=C(S(=O)(=O)O)Cc2cc(S(=O)(=O)O)cc(O)c21. The topological polar surface area (TPSA) is 165 Å². The van der Waals surface area contributed by atoms with Gasteiger partial charge in [0.15, 0.2) is 0 Å². The molecule has 1 aliphatic carbocycles. The predicted molar refractivity (Wildman–Crippen MR) is 69.0 cm³/mol. The maximum atomic E-state index is 11.1. The van der Waals surface area contributed by atoms with Crippen LogP contribution in [0.1, 0.15) is 11.1 Å². The van der Waals surface area contributed by atoms with Crippen LogP contribution in [0.5, 0.6) is 5.75 Å². The van der Waals surface area contributed by atoms with E-state index in [9.17, 15) is 21.9 Å². The Hall–Kier alpha value is -2.04. The van der Waals surface area contributed by atoms with E-state index in [0.717, 1.165) is 18.2 Å². The lowest BCUT2D eigenvalue weighted by Gasteiger charge is -2.14. The monoisotopic (exact) mass is 332 g/mol. The molecule has 0 amide bonds. The summed E-state index contributed by atoms with van der Waals surface area (Å²) in [5.41, 5.74) is 8.34. The molecule has 0 bridgehead atoms. The Morgan fingerprint density at radius 3 is 2.19 bits per heavy atom. The highest BCUT2D eigenvalue weighted by Gasteiger charge is 2.31. The van der Waals surface area contributed by atoms with Crippen LogP contribution in [-0.2, 0) is 26.7 Å². The number of allylic oxidation sites excluding steroid dienone is 2. The van der Waals surface area contributed by atoms with Crippen LogP contribution < -0.4 is 0 Å². The molecule has 0 saturated carbocycles. The van der Waals surface area contributed by atoms with Crippen LogP contribution in [0, 0.1) is 0 Å². The number of fused-ring (bicyclic) bond motifs is 1. The zero-order valence-electron chi connectivity index (χ0n) is 10.1. The minimum atomic E-state index is -4.63. The van der Waals surface area contributed by atoms with Gasteiger partial charge < -0.3 is 10.6 Å². The Kier molecular flexibility index (Phi) is 3.48. The number of phenolic OH excluding ortho intramolecular Hbond substituents is 1. The normalized spacial score (nSPS) is 15.1. The number of phenols is 1. The fraction of sp³-hybridized carbons (Fsp3) is 0.100. The summed E-state index contributed by atoms with van der Waals surface area (Å²) in [7, 11) is -9.23. The van der Waals surface area contributed by atoms with Crippen LogP contribution in [0.15, 0.2) is 28.0 Å². The molecule has 0 spiro atoms. The molecule has 2 rings (SSSR count). The van der Waals surface area contributed by atoms with E-state index in [-0.39, 0.29) is 16.8 Å². The third-order valence-corrected chi connectivity index (χ3v) is 4.58. The number of rotatable bonds is 2. The first kappa shape index (κ1) is 15.4. The average molecular weight is 332 g/mol. The van der Waals surface area contributed by atoms with E-state index in [2.05, 4.69) is 4.79 Å². The molecule has 0 fully saturated rings. The summed E-state index contributed by atoms with van der Waals surface area (Å²) in [6, 6.07) is 1.64. The van der Waals surface area contributed by atoms with Gasteiger partial charge in [-0.1, -0.05) is 0 Å². The molecule has 11 heteroatoms. The fourth-order valence-electron chi connectivity index (χ4n) is 1.95. The largest absolute Gasteiger partial charge is 0.507 e. The molecule has 0 radical (unpaired) electrons. The number of nitrogens with zero attached hydrogens (tertiary/aromatic N) is 2.